The van der Waals surface area contributed by atoms with E-state index >= 15 is 0 Å². The van der Waals surface area contributed by atoms with Crippen LogP contribution in [0.5, 0.6) is 0 Å². The molecule has 2 heterocycles. The Labute approximate surface area is 193 Å². The molecule has 0 radical (unpaired) electrons. The highest BCUT2D eigenvalue weighted by Gasteiger charge is 2.28. The molecule has 1 atom stereocenters. The largest absolute Gasteiger partial charge is 0.379 e. The SMILES string of the molecule is O=C(NCC(c1ccccc1)N1CCOCC1)c1nn(-c2ccc(F)cc2)c2c1CCCC2. The van der Waals surface area contributed by atoms with Crippen molar-refractivity contribution in [2.45, 2.75) is 31.7 Å². The van der Waals surface area contributed by atoms with E-state index in [1.165, 1.54) is 17.7 Å². The number of morpholine rings is 1. The molecule has 1 aliphatic carbocycles. The number of nitrogens with one attached hydrogen (secondary N) is 1. The predicted octanol–water partition coefficient (Wildman–Crippen LogP) is 3.69. The van der Waals surface area contributed by atoms with Crippen LogP contribution >= 0.6 is 0 Å². The maximum absolute atomic E-state index is 13.4. The molecule has 2 aliphatic rings. The first-order chi connectivity index (χ1) is 16.2. The maximum Gasteiger partial charge on any atom is 0.272 e. The molecule has 0 bridgehead atoms. The van der Waals surface area contributed by atoms with Crippen molar-refractivity contribution in [2.24, 2.45) is 0 Å². The Bertz CT molecular complexity index is 1090. The Morgan fingerprint density at radius 3 is 2.52 bits per heavy atom. The number of carbonyl (C=O) groups excluding carboxylic acids is 1. The van der Waals surface area contributed by atoms with Crippen LogP contribution in [0.2, 0.25) is 0 Å². The summed E-state index contributed by atoms with van der Waals surface area (Å²) in [5, 5.41) is 7.87. The van der Waals surface area contributed by atoms with E-state index < -0.39 is 0 Å². The zero-order valence-corrected chi connectivity index (χ0v) is 18.7. The molecule has 33 heavy (non-hydrogen) atoms. The van der Waals surface area contributed by atoms with Gasteiger partial charge in [-0.05, 0) is 55.5 Å². The molecule has 6 nitrogen and oxygen atoms in total. The summed E-state index contributed by atoms with van der Waals surface area (Å²) in [5.74, 6) is -0.434. The number of halogens is 1. The summed E-state index contributed by atoms with van der Waals surface area (Å²) in [4.78, 5) is 15.7. The summed E-state index contributed by atoms with van der Waals surface area (Å²) < 4.78 is 20.8. The van der Waals surface area contributed by atoms with Gasteiger partial charge in [-0.15, -0.1) is 0 Å². The number of aromatic nitrogens is 2. The normalized spacial score (nSPS) is 17.4. The van der Waals surface area contributed by atoms with E-state index in [0.29, 0.717) is 25.5 Å². The second-order valence-electron chi connectivity index (χ2n) is 8.65. The first kappa shape index (κ1) is 21.8. The van der Waals surface area contributed by atoms with Gasteiger partial charge in [-0.2, -0.15) is 5.10 Å². The minimum absolute atomic E-state index is 0.0778. The van der Waals surface area contributed by atoms with E-state index in [9.17, 15) is 9.18 Å². The molecular formula is C26H29FN4O2. The van der Waals surface area contributed by atoms with E-state index in [1.54, 1.807) is 12.1 Å². The van der Waals surface area contributed by atoms with Gasteiger partial charge in [0.25, 0.3) is 5.91 Å². The average molecular weight is 449 g/mol. The Balaban J connectivity index is 1.39. The van der Waals surface area contributed by atoms with E-state index in [1.807, 2.05) is 22.9 Å². The number of hydrogen-bond acceptors (Lipinski definition) is 4. The molecule has 3 aromatic rings. The molecule has 2 aromatic carbocycles. The zero-order valence-electron chi connectivity index (χ0n) is 18.7. The first-order valence-corrected chi connectivity index (χ1v) is 11.7. The zero-order chi connectivity index (χ0) is 22.6. The summed E-state index contributed by atoms with van der Waals surface area (Å²) in [7, 11) is 0. The third-order valence-corrected chi connectivity index (χ3v) is 6.59. The van der Waals surface area contributed by atoms with Crippen molar-refractivity contribution in [3.63, 3.8) is 0 Å². The number of carbonyl (C=O) groups is 1. The highest BCUT2D eigenvalue weighted by molar-refractivity contribution is 5.94. The van der Waals surface area contributed by atoms with Crippen LogP contribution in [-0.4, -0.2) is 53.4 Å². The van der Waals surface area contributed by atoms with Gasteiger partial charge >= 0.3 is 0 Å². The highest BCUT2D eigenvalue weighted by Crippen LogP contribution is 2.27. The van der Waals surface area contributed by atoms with Crippen LogP contribution < -0.4 is 5.32 Å². The van der Waals surface area contributed by atoms with Gasteiger partial charge in [0.05, 0.1) is 24.9 Å². The van der Waals surface area contributed by atoms with Gasteiger partial charge in [0.1, 0.15) is 5.82 Å². The fourth-order valence-electron chi connectivity index (χ4n) is 4.87. The van der Waals surface area contributed by atoms with Crippen LogP contribution in [0.4, 0.5) is 4.39 Å². The average Bonchev–Trinajstić information content (AvgIpc) is 3.26. The summed E-state index contributed by atoms with van der Waals surface area (Å²) in [5.41, 5.74) is 4.53. The van der Waals surface area contributed by atoms with Crippen molar-refractivity contribution in [2.75, 3.05) is 32.8 Å². The topological polar surface area (TPSA) is 59.4 Å². The molecule has 1 amide bonds. The maximum atomic E-state index is 13.4. The number of amides is 1. The molecule has 1 saturated heterocycles. The molecule has 0 saturated carbocycles. The van der Waals surface area contributed by atoms with E-state index in [4.69, 9.17) is 9.84 Å². The van der Waals surface area contributed by atoms with E-state index in [-0.39, 0.29) is 17.8 Å². The number of fused-ring (bicyclic) bond motifs is 1. The second kappa shape index (κ2) is 9.85. The lowest BCUT2D eigenvalue weighted by molar-refractivity contribution is 0.0162. The van der Waals surface area contributed by atoms with Gasteiger partial charge in [-0.25, -0.2) is 9.07 Å². The van der Waals surface area contributed by atoms with Crippen molar-refractivity contribution in [3.05, 3.63) is 82.9 Å². The van der Waals surface area contributed by atoms with Crippen LogP contribution in [0.1, 0.15) is 46.2 Å². The minimum atomic E-state index is -0.284. The van der Waals surface area contributed by atoms with Crippen LogP contribution in [0.3, 0.4) is 0 Å². The number of hydrogen-bond donors (Lipinski definition) is 1. The van der Waals surface area contributed by atoms with Crippen molar-refractivity contribution >= 4 is 5.91 Å². The third-order valence-electron chi connectivity index (χ3n) is 6.59. The van der Waals surface area contributed by atoms with Gasteiger partial charge < -0.3 is 10.1 Å². The molecule has 0 spiro atoms. The lowest BCUT2D eigenvalue weighted by Crippen LogP contribution is -2.44. The number of nitrogens with zero attached hydrogens (tertiary/aromatic N) is 3. The summed E-state index contributed by atoms with van der Waals surface area (Å²) >= 11 is 0. The molecule has 172 valence electrons. The molecule has 5 rings (SSSR count). The summed E-state index contributed by atoms with van der Waals surface area (Å²) in [6.07, 6.45) is 3.81. The van der Waals surface area contributed by atoms with Crippen LogP contribution in [0, 0.1) is 5.82 Å². The minimum Gasteiger partial charge on any atom is -0.379 e. The molecule has 1 unspecified atom stereocenters. The monoisotopic (exact) mass is 448 g/mol. The number of rotatable bonds is 6. The number of benzene rings is 2. The summed E-state index contributed by atoms with van der Waals surface area (Å²) in [6.45, 7) is 3.58. The molecule has 1 aromatic heterocycles. The smallest absolute Gasteiger partial charge is 0.272 e. The third kappa shape index (κ3) is 4.70. The quantitative estimate of drug-likeness (QED) is 0.625. The highest BCUT2D eigenvalue weighted by atomic mass is 19.1. The van der Waals surface area contributed by atoms with Crippen LogP contribution in [0.25, 0.3) is 5.69 Å². The van der Waals surface area contributed by atoms with Gasteiger partial charge in [0.2, 0.25) is 0 Å². The fraction of sp³-hybridized carbons (Fsp3) is 0.385. The Hall–Kier alpha value is -3.03. The van der Waals surface area contributed by atoms with Gasteiger partial charge in [-0.3, -0.25) is 9.69 Å². The van der Waals surface area contributed by atoms with Gasteiger partial charge in [-0.1, -0.05) is 30.3 Å². The van der Waals surface area contributed by atoms with Crippen molar-refractivity contribution in [1.29, 1.82) is 0 Å². The van der Waals surface area contributed by atoms with Crippen LogP contribution in [-0.2, 0) is 17.6 Å². The summed E-state index contributed by atoms with van der Waals surface area (Å²) in [6, 6.07) is 16.6. The lowest BCUT2D eigenvalue weighted by atomic mass is 9.95. The molecular weight excluding hydrogens is 419 g/mol. The first-order valence-electron chi connectivity index (χ1n) is 11.7. The van der Waals surface area contributed by atoms with Crippen molar-refractivity contribution < 1.29 is 13.9 Å². The Morgan fingerprint density at radius 2 is 1.76 bits per heavy atom. The number of ether oxygens (including phenoxy) is 1. The predicted molar refractivity (Wildman–Crippen MR) is 124 cm³/mol. The lowest BCUT2D eigenvalue weighted by Gasteiger charge is -2.34. The second-order valence-corrected chi connectivity index (χ2v) is 8.65. The Kier molecular flexibility index (Phi) is 6.51. The Morgan fingerprint density at radius 1 is 1.03 bits per heavy atom. The molecule has 7 heteroatoms. The van der Waals surface area contributed by atoms with Crippen molar-refractivity contribution in [3.8, 4) is 5.69 Å². The van der Waals surface area contributed by atoms with Gasteiger partial charge in [0, 0.05) is 30.9 Å². The van der Waals surface area contributed by atoms with E-state index in [0.717, 1.165) is 55.7 Å². The van der Waals surface area contributed by atoms with E-state index in [2.05, 4.69) is 22.3 Å². The van der Waals surface area contributed by atoms with Crippen LogP contribution in [0.15, 0.2) is 54.6 Å². The molecule has 1 N–H and O–H groups in total. The fourth-order valence-corrected chi connectivity index (χ4v) is 4.87. The molecule has 1 fully saturated rings. The van der Waals surface area contributed by atoms with Crippen molar-refractivity contribution in [1.82, 2.24) is 20.0 Å². The van der Waals surface area contributed by atoms with Gasteiger partial charge in [0.15, 0.2) is 5.69 Å². The molecule has 1 aliphatic heterocycles. The standard InChI is InChI=1S/C26H29FN4O2/c27-20-10-12-21(13-11-20)31-23-9-5-4-8-22(23)25(29-31)26(32)28-18-24(19-6-2-1-3-7-19)30-14-16-33-17-15-30/h1-3,6-7,10-13,24H,4-5,8-9,14-18H2,(H,28,32).